The number of hydrogen-bond acceptors (Lipinski definition) is 4. The summed E-state index contributed by atoms with van der Waals surface area (Å²) in [6.07, 6.45) is 3.59. The molecule has 4 nitrogen and oxygen atoms in total. The van der Waals surface area contributed by atoms with E-state index in [2.05, 4.69) is 183 Å². The second-order valence-corrected chi connectivity index (χ2v) is 15.9. The summed E-state index contributed by atoms with van der Waals surface area (Å²) in [5.74, 6) is 0. The zero-order valence-electron chi connectivity index (χ0n) is 30.8. The molecule has 7 aromatic carbocycles. The monoisotopic (exact) mass is 694 g/mol. The van der Waals surface area contributed by atoms with Crippen LogP contribution in [0.5, 0.6) is 0 Å². The SMILES string of the molecule is CC1(C)c2ccccc2N(c2cc(-c3ccc4c5c(cccc35)-c3nccnc3-4)cc(N3c4ccccc4C(C)(C)c4ccccc43)c2)c2ccccc21. The van der Waals surface area contributed by atoms with Crippen molar-refractivity contribution in [3.8, 4) is 33.6 Å². The van der Waals surface area contributed by atoms with Gasteiger partial charge in [0.2, 0.25) is 0 Å². The number of anilines is 6. The molecule has 0 amide bonds. The Morgan fingerprint density at radius 1 is 0.407 bits per heavy atom. The van der Waals surface area contributed by atoms with Crippen LogP contribution < -0.4 is 9.80 Å². The van der Waals surface area contributed by atoms with Gasteiger partial charge in [-0.1, -0.05) is 131 Å². The molecule has 2 aliphatic heterocycles. The predicted molar refractivity (Wildman–Crippen MR) is 223 cm³/mol. The number of fused-ring (bicyclic) bond motifs is 7. The van der Waals surface area contributed by atoms with E-state index in [1.165, 1.54) is 61.3 Å². The van der Waals surface area contributed by atoms with Crippen LogP contribution in [-0.2, 0) is 10.8 Å². The highest BCUT2D eigenvalue weighted by Crippen LogP contribution is 2.56. The Hall–Kier alpha value is -6.52. The van der Waals surface area contributed by atoms with Gasteiger partial charge in [0.1, 0.15) is 0 Å². The van der Waals surface area contributed by atoms with Crippen LogP contribution >= 0.6 is 0 Å². The molecular weight excluding hydrogens is 657 g/mol. The molecule has 0 fully saturated rings. The van der Waals surface area contributed by atoms with Gasteiger partial charge < -0.3 is 9.80 Å². The fourth-order valence-electron chi connectivity index (χ4n) is 9.69. The number of benzene rings is 7. The standard InChI is InChI=1S/C50H38N4/c1-49(2)38-16-5-9-20-42(38)53(43-21-10-6-17-39(43)49)32-28-31(34-24-25-37-46-35(34)14-13-15-36(46)47-48(37)52-27-26-51-47)29-33(30-32)54-44-22-11-7-18-40(44)50(3,4)41-19-8-12-23-45(41)54/h5-30H,1-4H3. The molecule has 0 spiro atoms. The van der Waals surface area contributed by atoms with Gasteiger partial charge >= 0.3 is 0 Å². The maximum absolute atomic E-state index is 4.78. The van der Waals surface area contributed by atoms with Gasteiger partial charge in [0.15, 0.2) is 0 Å². The smallest absolute Gasteiger partial charge is 0.0971 e. The minimum absolute atomic E-state index is 0.158. The quantitative estimate of drug-likeness (QED) is 0.184. The molecule has 0 saturated carbocycles. The summed E-state index contributed by atoms with van der Waals surface area (Å²) in [6.45, 7) is 9.40. The van der Waals surface area contributed by atoms with Crippen molar-refractivity contribution in [1.82, 2.24) is 9.97 Å². The van der Waals surface area contributed by atoms with Gasteiger partial charge in [0.05, 0.1) is 34.1 Å². The molecule has 1 aliphatic carbocycles. The fraction of sp³-hybridized carbons (Fsp3) is 0.120. The van der Waals surface area contributed by atoms with Crippen molar-refractivity contribution in [2.75, 3.05) is 9.80 Å². The van der Waals surface area contributed by atoms with Crippen molar-refractivity contribution in [3.63, 3.8) is 0 Å². The molecule has 11 rings (SSSR count). The number of aromatic nitrogens is 2. The van der Waals surface area contributed by atoms with E-state index in [0.717, 1.165) is 39.5 Å². The summed E-state index contributed by atoms with van der Waals surface area (Å²) in [5.41, 5.74) is 18.5. The van der Waals surface area contributed by atoms with Gasteiger partial charge in [-0.3, -0.25) is 9.97 Å². The first-order chi connectivity index (χ1) is 26.3. The topological polar surface area (TPSA) is 32.3 Å². The zero-order valence-corrected chi connectivity index (χ0v) is 30.8. The average Bonchev–Trinajstić information content (AvgIpc) is 3.53. The second-order valence-electron chi connectivity index (χ2n) is 15.9. The van der Waals surface area contributed by atoms with Gasteiger partial charge in [-0.15, -0.1) is 0 Å². The molecule has 1 aromatic heterocycles. The van der Waals surface area contributed by atoms with E-state index in [9.17, 15) is 0 Å². The van der Waals surface area contributed by atoms with Crippen LogP contribution in [-0.4, -0.2) is 9.97 Å². The van der Waals surface area contributed by atoms with E-state index in [1.54, 1.807) is 12.4 Å². The molecular formula is C50H38N4. The van der Waals surface area contributed by atoms with E-state index < -0.39 is 0 Å². The molecule has 258 valence electrons. The summed E-state index contributed by atoms with van der Waals surface area (Å²) in [7, 11) is 0. The van der Waals surface area contributed by atoms with Crippen LogP contribution in [0.1, 0.15) is 49.9 Å². The fourth-order valence-corrected chi connectivity index (χ4v) is 9.69. The first kappa shape index (κ1) is 31.0. The van der Waals surface area contributed by atoms with E-state index in [1.807, 2.05) is 0 Å². The molecule has 0 N–H and O–H groups in total. The number of para-hydroxylation sites is 4. The molecule has 0 bridgehead atoms. The van der Waals surface area contributed by atoms with Gasteiger partial charge in [-0.25, -0.2) is 0 Å². The van der Waals surface area contributed by atoms with Crippen LogP contribution in [0.3, 0.4) is 0 Å². The third-order valence-corrected chi connectivity index (χ3v) is 12.3. The first-order valence-electron chi connectivity index (χ1n) is 18.8. The van der Waals surface area contributed by atoms with Crippen molar-refractivity contribution in [1.29, 1.82) is 0 Å². The third-order valence-electron chi connectivity index (χ3n) is 12.3. The van der Waals surface area contributed by atoms with Crippen LogP contribution in [0.4, 0.5) is 34.1 Å². The predicted octanol–water partition coefficient (Wildman–Crippen LogP) is 13.2. The van der Waals surface area contributed by atoms with Crippen molar-refractivity contribution in [2.24, 2.45) is 0 Å². The van der Waals surface area contributed by atoms with Crippen molar-refractivity contribution >= 4 is 44.9 Å². The van der Waals surface area contributed by atoms with Crippen LogP contribution in [0, 0.1) is 0 Å². The molecule has 4 heteroatoms. The summed E-state index contributed by atoms with van der Waals surface area (Å²) >= 11 is 0. The van der Waals surface area contributed by atoms with Gasteiger partial charge in [-0.2, -0.15) is 0 Å². The Bertz CT molecular complexity index is 2610. The Kier molecular flexibility index (Phi) is 6.33. The summed E-state index contributed by atoms with van der Waals surface area (Å²) in [5, 5.41) is 2.42. The Balaban J connectivity index is 1.22. The van der Waals surface area contributed by atoms with Crippen molar-refractivity contribution in [3.05, 3.63) is 180 Å². The van der Waals surface area contributed by atoms with Gasteiger partial charge in [-0.05, 0) is 81.2 Å². The lowest BCUT2D eigenvalue weighted by molar-refractivity contribution is 0.631. The van der Waals surface area contributed by atoms with E-state index >= 15 is 0 Å². The minimum atomic E-state index is -0.158. The Morgan fingerprint density at radius 3 is 1.28 bits per heavy atom. The highest BCUT2D eigenvalue weighted by molar-refractivity contribution is 6.17. The van der Waals surface area contributed by atoms with Crippen LogP contribution in [0.25, 0.3) is 44.4 Å². The van der Waals surface area contributed by atoms with Crippen molar-refractivity contribution < 1.29 is 0 Å². The van der Waals surface area contributed by atoms with Crippen molar-refractivity contribution in [2.45, 2.75) is 38.5 Å². The number of nitrogens with zero attached hydrogens (tertiary/aromatic N) is 4. The van der Waals surface area contributed by atoms with Gasteiger partial charge in [0, 0.05) is 51.1 Å². The Morgan fingerprint density at radius 2 is 0.815 bits per heavy atom. The van der Waals surface area contributed by atoms with E-state index in [0.29, 0.717) is 0 Å². The summed E-state index contributed by atoms with van der Waals surface area (Å²) in [4.78, 5) is 14.5. The molecule has 0 saturated heterocycles. The first-order valence-corrected chi connectivity index (χ1v) is 18.8. The molecule has 3 aliphatic rings. The van der Waals surface area contributed by atoms with Crippen LogP contribution in [0.15, 0.2) is 158 Å². The molecule has 3 heterocycles. The Labute approximate surface area is 316 Å². The summed E-state index contributed by atoms with van der Waals surface area (Å²) < 4.78 is 0. The molecule has 0 atom stereocenters. The maximum Gasteiger partial charge on any atom is 0.0971 e. The molecule has 8 aromatic rings. The van der Waals surface area contributed by atoms with E-state index in [-0.39, 0.29) is 10.8 Å². The highest BCUT2D eigenvalue weighted by atomic mass is 15.2. The second kappa shape index (κ2) is 11.0. The molecule has 54 heavy (non-hydrogen) atoms. The zero-order chi connectivity index (χ0) is 36.3. The maximum atomic E-state index is 4.78. The highest BCUT2D eigenvalue weighted by Gasteiger charge is 2.39. The number of rotatable bonds is 3. The average molecular weight is 695 g/mol. The van der Waals surface area contributed by atoms with E-state index in [4.69, 9.17) is 9.97 Å². The lowest BCUT2D eigenvalue weighted by atomic mass is 9.73. The minimum Gasteiger partial charge on any atom is -0.310 e. The lowest BCUT2D eigenvalue weighted by Gasteiger charge is -2.43. The number of hydrogen-bond donors (Lipinski definition) is 0. The third kappa shape index (κ3) is 4.14. The summed E-state index contributed by atoms with van der Waals surface area (Å²) in [6, 6.07) is 54.0. The van der Waals surface area contributed by atoms with Gasteiger partial charge in [0.25, 0.3) is 0 Å². The molecule has 0 radical (unpaired) electrons. The molecule has 0 unspecified atom stereocenters. The van der Waals surface area contributed by atoms with Crippen LogP contribution in [0.2, 0.25) is 0 Å². The normalized spacial score (nSPS) is 15.3. The lowest BCUT2D eigenvalue weighted by Crippen LogP contribution is -2.31. The largest absolute Gasteiger partial charge is 0.310 e.